The summed E-state index contributed by atoms with van der Waals surface area (Å²) in [6.45, 7) is 11.1. The molecule has 266 valence electrons. The van der Waals surface area contributed by atoms with Crippen molar-refractivity contribution in [3.05, 3.63) is 40.5 Å². The molecule has 2 N–H and O–H groups in total. The molecular weight excluding hydrogens is 712 g/mol. The van der Waals surface area contributed by atoms with Crippen molar-refractivity contribution in [2.75, 3.05) is 99.3 Å². The summed E-state index contributed by atoms with van der Waals surface area (Å²) >= 11 is 3.56. The number of fused-ring (bicyclic) bond motifs is 1. The predicted molar refractivity (Wildman–Crippen MR) is 198 cm³/mol. The van der Waals surface area contributed by atoms with Crippen LogP contribution in [0, 0.1) is 0 Å². The van der Waals surface area contributed by atoms with Gasteiger partial charge in [0.1, 0.15) is 30.5 Å². The molecule has 0 unspecified atom stereocenters. The molecule has 6 rings (SSSR count). The molecule has 13 nitrogen and oxygen atoms in total. The maximum absolute atomic E-state index is 13.0. The highest BCUT2D eigenvalue weighted by Crippen LogP contribution is 2.46. The fourth-order valence-electron chi connectivity index (χ4n) is 6.73. The van der Waals surface area contributed by atoms with Crippen molar-refractivity contribution in [1.82, 2.24) is 19.8 Å². The number of methoxy groups -OCH3 is 1. The van der Waals surface area contributed by atoms with Crippen LogP contribution in [0.15, 0.2) is 34.9 Å². The maximum atomic E-state index is 13.0. The molecule has 2 saturated heterocycles. The summed E-state index contributed by atoms with van der Waals surface area (Å²) < 4.78 is 45.3. The number of sulfonamides is 1. The van der Waals surface area contributed by atoms with Gasteiger partial charge in [0.2, 0.25) is 16.0 Å². The number of aromatic nitrogens is 2. The third-order valence-electron chi connectivity index (χ3n) is 9.66. The number of likely N-dealkylation sites (N-methyl/N-ethyl adjacent to an activating group) is 1. The first-order chi connectivity index (χ1) is 23.6. The fraction of sp³-hybridized carbons (Fsp3) is 0.529. The van der Waals surface area contributed by atoms with Gasteiger partial charge in [-0.25, -0.2) is 13.4 Å². The largest absolute Gasteiger partial charge is 0.494 e. The van der Waals surface area contributed by atoms with Crippen LogP contribution in [-0.4, -0.2) is 114 Å². The third kappa shape index (κ3) is 7.64. The highest BCUT2D eigenvalue weighted by atomic mass is 79.9. The summed E-state index contributed by atoms with van der Waals surface area (Å²) in [4.78, 5) is 16.9. The van der Waals surface area contributed by atoms with Gasteiger partial charge in [-0.1, -0.05) is 6.92 Å². The lowest BCUT2D eigenvalue weighted by Gasteiger charge is -2.43. The Labute approximate surface area is 298 Å². The van der Waals surface area contributed by atoms with Gasteiger partial charge in [0.25, 0.3) is 0 Å². The summed E-state index contributed by atoms with van der Waals surface area (Å²) in [6.07, 6.45) is 4.82. The molecule has 1 aromatic heterocycles. The van der Waals surface area contributed by atoms with Crippen molar-refractivity contribution in [2.45, 2.75) is 39.2 Å². The van der Waals surface area contributed by atoms with E-state index in [2.05, 4.69) is 72.4 Å². The number of nitrogens with zero attached hydrogens (tertiary/aromatic N) is 6. The van der Waals surface area contributed by atoms with Crippen LogP contribution in [0.25, 0.3) is 0 Å². The molecule has 0 aliphatic carbocycles. The molecular formula is C34H47BrN8O5S. The topological polar surface area (TPSA) is 125 Å². The SMILES string of the molecule is CCc1cc(Nc2ncc(Br)c(Nc3ccc4c(c3N(C)S(=O)(=O)CC)OCCO4)n2)c(OC)cc1N1CCC(N2CCN(C)CC2)CC1. The van der Waals surface area contributed by atoms with E-state index in [9.17, 15) is 8.42 Å². The van der Waals surface area contributed by atoms with Crippen LogP contribution in [0.5, 0.6) is 17.2 Å². The van der Waals surface area contributed by atoms with E-state index in [4.69, 9.17) is 19.2 Å². The molecule has 0 spiro atoms. The molecule has 0 bridgehead atoms. The normalized spacial score (nSPS) is 17.6. The number of rotatable bonds is 11. The summed E-state index contributed by atoms with van der Waals surface area (Å²) in [5.74, 6) is 2.26. The number of halogens is 1. The van der Waals surface area contributed by atoms with Gasteiger partial charge >= 0.3 is 0 Å². The molecule has 2 fully saturated rings. The van der Waals surface area contributed by atoms with Crippen LogP contribution in [0.3, 0.4) is 0 Å². The van der Waals surface area contributed by atoms with E-state index in [1.807, 2.05) is 0 Å². The van der Waals surface area contributed by atoms with Crippen molar-refractivity contribution in [3.63, 3.8) is 0 Å². The van der Waals surface area contributed by atoms with Crippen molar-refractivity contribution in [3.8, 4) is 17.2 Å². The Morgan fingerprint density at radius 3 is 2.45 bits per heavy atom. The highest BCUT2D eigenvalue weighted by molar-refractivity contribution is 9.10. The van der Waals surface area contributed by atoms with E-state index in [1.165, 1.54) is 22.6 Å². The molecule has 2 aromatic carbocycles. The molecule has 0 atom stereocenters. The Kier molecular flexibility index (Phi) is 10.9. The summed E-state index contributed by atoms with van der Waals surface area (Å²) in [5, 5.41) is 6.67. The average Bonchev–Trinajstić information content (AvgIpc) is 3.12. The van der Waals surface area contributed by atoms with Gasteiger partial charge in [0.15, 0.2) is 11.5 Å². The Morgan fingerprint density at radius 2 is 1.76 bits per heavy atom. The quantitative estimate of drug-likeness (QED) is 0.271. The molecule has 0 saturated carbocycles. The van der Waals surface area contributed by atoms with Crippen LogP contribution in [-0.2, 0) is 16.4 Å². The van der Waals surface area contributed by atoms with Crippen molar-refractivity contribution >= 4 is 60.5 Å². The van der Waals surface area contributed by atoms with Gasteiger partial charge in [0, 0.05) is 70.3 Å². The van der Waals surface area contributed by atoms with Crippen LogP contribution in [0.2, 0.25) is 0 Å². The minimum Gasteiger partial charge on any atom is -0.494 e. The zero-order chi connectivity index (χ0) is 34.7. The Hall–Kier alpha value is -3.53. The van der Waals surface area contributed by atoms with Crippen LogP contribution in [0.4, 0.5) is 34.5 Å². The standard InChI is InChI=1S/C34H47BrN8O5S/c1-6-23-20-27(30(46-5)21-28(23)43-12-10-24(11-13-43)42-16-14-40(3)15-17-42)38-34-36-22-25(35)33(39-34)37-26-8-9-29-32(48-19-18-47-29)31(26)41(4)49(44,45)7-2/h8-9,20-22,24H,6-7,10-19H2,1-5H3,(H2,36,37,38,39). The van der Waals surface area contributed by atoms with Gasteiger partial charge in [-0.05, 0) is 72.9 Å². The predicted octanol–water partition coefficient (Wildman–Crippen LogP) is 5.07. The molecule has 3 aliphatic heterocycles. The van der Waals surface area contributed by atoms with Gasteiger partial charge in [-0.15, -0.1) is 0 Å². The first kappa shape index (κ1) is 35.3. The molecule has 3 aromatic rings. The van der Waals surface area contributed by atoms with E-state index in [1.54, 1.807) is 32.4 Å². The van der Waals surface area contributed by atoms with E-state index in [0.29, 0.717) is 64.1 Å². The number of anilines is 6. The number of ether oxygens (including phenoxy) is 3. The number of nitrogens with one attached hydrogen (secondary N) is 2. The molecule has 3 aliphatic rings. The van der Waals surface area contributed by atoms with E-state index in [0.717, 1.165) is 64.2 Å². The molecule has 15 heteroatoms. The second-order valence-electron chi connectivity index (χ2n) is 12.6. The zero-order valence-corrected chi connectivity index (χ0v) is 31.4. The summed E-state index contributed by atoms with van der Waals surface area (Å²) in [6, 6.07) is 8.41. The third-order valence-corrected chi connectivity index (χ3v) is 12.0. The molecule has 49 heavy (non-hydrogen) atoms. The summed E-state index contributed by atoms with van der Waals surface area (Å²) in [5.41, 5.74) is 4.02. The van der Waals surface area contributed by atoms with Gasteiger partial charge in [-0.3, -0.25) is 9.21 Å². The van der Waals surface area contributed by atoms with Crippen LogP contribution < -0.4 is 34.0 Å². The molecule has 4 heterocycles. The summed E-state index contributed by atoms with van der Waals surface area (Å²) in [7, 11) is 1.78. The second-order valence-corrected chi connectivity index (χ2v) is 15.7. The Bertz CT molecular complexity index is 1750. The molecule has 0 amide bonds. The Morgan fingerprint density at radius 1 is 1.02 bits per heavy atom. The highest BCUT2D eigenvalue weighted by Gasteiger charge is 2.30. The number of piperazine rings is 1. The second kappa shape index (κ2) is 15.2. The first-order valence-electron chi connectivity index (χ1n) is 17.0. The minimum absolute atomic E-state index is 0.0754. The van der Waals surface area contributed by atoms with E-state index < -0.39 is 10.0 Å². The number of piperidine rings is 1. The van der Waals surface area contributed by atoms with E-state index in [-0.39, 0.29) is 5.75 Å². The first-order valence-corrected chi connectivity index (χ1v) is 19.4. The number of aryl methyl sites for hydroxylation is 1. The van der Waals surface area contributed by atoms with Gasteiger partial charge < -0.3 is 34.6 Å². The van der Waals surface area contributed by atoms with Crippen LogP contribution in [0.1, 0.15) is 32.3 Å². The monoisotopic (exact) mass is 758 g/mol. The van der Waals surface area contributed by atoms with Gasteiger partial charge in [0.05, 0.1) is 28.7 Å². The fourth-order valence-corrected chi connectivity index (χ4v) is 7.86. The Balaban J connectivity index is 1.23. The van der Waals surface area contributed by atoms with E-state index >= 15 is 0 Å². The number of hydrogen-bond donors (Lipinski definition) is 2. The van der Waals surface area contributed by atoms with Gasteiger partial charge in [-0.2, -0.15) is 4.98 Å². The maximum Gasteiger partial charge on any atom is 0.234 e. The smallest absolute Gasteiger partial charge is 0.234 e. The number of benzene rings is 2. The lowest BCUT2D eigenvalue weighted by molar-refractivity contribution is 0.0982. The number of hydrogen-bond acceptors (Lipinski definition) is 12. The lowest BCUT2D eigenvalue weighted by atomic mass is 9.99. The van der Waals surface area contributed by atoms with Crippen molar-refractivity contribution in [1.29, 1.82) is 0 Å². The molecule has 0 radical (unpaired) electrons. The van der Waals surface area contributed by atoms with Crippen LogP contribution >= 0.6 is 15.9 Å². The van der Waals surface area contributed by atoms with Crippen molar-refractivity contribution < 1.29 is 22.6 Å². The average molecular weight is 760 g/mol. The zero-order valence-electron chi connectivity index (χ0n) is 29.0. The minimum atomic E-state index is -3.61. The lowest BCUT2D eigenvalue weighted by Crippen LogP contribution is -2.52. The van der Waals surface area contributed by atoms with Crippen molar-refractivity contribution in [2.24, 2.45) is 0 Å².